The maximum atomic E-state index is 13.2. The van der Waals surface area contributed by atoms with Crippen molar-refractivity contribution in [1.82, 2.24) is 0 Å². The summed E-state index contributed by atoms with van der Waals surface area (Å²) < 4.78 is 24.0. The Morgan fingerprint density at radius 3 is 2.57 bits per heavy atom. The highest BCUT2D eigenvalue weighted by molar-refractivity contribution is 6.32. The molecule has 0 amide bonds. The predicted octanol–water partition coefficient (Wildman–Crippen LogP) is 5.53. The van der Waals surface area contributed by atoms with Crippen LogP contribution in [0.3, 0.4) is 0 Å². The topological polar surface area (TPSA) is 59.3 Å². The lowest BCUT2D eigenvalue weighted by atomic mass is 9.98. The summed E-state index contributed by atoms with van der Waals surface area (Å²) in [4.78, 5) is 12.0. The van der Waals surface area contributed by atoms with Gasteiger partial charge in [-0.15, -0.1) is 0 Å². The smallest absolute Gasteiger partial charge is 0.349 e. The Kier molecular flexibility index (Phi) is 7.19. The highest BCUT2D eigenvalue weighted by Crippen LogP contribution is 2.27. The van der Waals surface area contributed by atoms with E-state index in [1.54, 1.807) is 13.8 Å². The molecule has 0 aromatic heterocycles. The van der Waals surface area contributed by atoms with Crippen LogP contribution in [0.25, 0.3) is 6.08 Å². The molecule has 0 fully saturated rings. The first-order chi connectivity index (χ1) is 13.2. The lowest BCUT2D eigenvalue weighted by Gasteiger charge is -2.13. The van der Waals surface area contributed by atoms with E-state index in [9.17, 15) is 14.4 Å². The first kappa shape index (κ1) is 21.5. The van der Waals surface area contributed by atoms with Gasteiger partial charge in [-0.3, -0.25) is 0 Å². The number of carbonyl (C=O) groups excluding carboxylic acids is 1. The summed E-state index contributed by atoms with van der Waals surface area (Å²) in [5.41, 5.74) is 3.38. The third kappa shape index (κ3) is 5.58. The van der Waals surface area contributed by atoms with Gasteiger partial charge >= 0.3 is 5.97 Å². The van der Waals surface area contributed by atoms with Crippen LogP contribution in [0.5, 0.6) is 5.75 Å². The van der Waals surface area contributed by atoms with Gasteiger partial charge in [-0.05, 0) is 80.3 Å². The molecule has 0 bridgehead atoms. The summed E-state index contributed by atoms with van der Waals surface area (Å²) in [6.45, 7) is 7.48. The van der Waals surface area contributed by atoms with Crippen LogP contribution in [0.2, 0.25) is 5.02 Å². The number of ether oxygens (including phenoxy) is 2. The maximum absolute atomic E-state index is 13.2. The molecule has 0 unspecified atom stereocenters. The second-order valence-corrected chi connectivity index (χ2v) is 7.03. The number of benzene rings is 2. The molecule has 0 radical (unpaired) electrons. The fourth-order valence-corrected chi connectivity index (χ4v) is 2.77. The van der Waals surface area contributed by atoms with Crippen molar-refractivity contribution in [2.75, 3.05) is 0 Å². The van der Waals surface area contributed by atoms with Gasteiger partial charge in [-0.25, -0.2) is 9.18 Å². The molecule has 0 aliphatic heterocycles. The van der Waals surface area contributed by atoms with Crippen LogP contribution in [0.4, 0.5) is 4.39 Å². The molecule has 2 rings (SSSR count). The Morgan fingerprint density at radius 2 is 1.96 bits per heavy atom. The third-order valence-electron chi connectivity index (χ3n) is 3.98. The van der Waals surface area contributed by atoms with Crippen molar-refractivity contribution in [2.24, 2.45) is 0 Å². The molecular formula is C22H21ClFNO3. The van der Waals surface area contributed by atoms with Gasteiger partial charge in [-0.2, -0.15) is 5.26 Å². The van der Waals surface area contributed by atoms with Crippen molar-refractivity contribution in [1.29, 1.82) is 5.26 Å². The first-order valence-corrected chi connectivity index (χ1v) is 9.09. The average Bonchev–Trinajstić information content (AvgIpc) is 2.60. The molecule has 146 valence electrons. The molecule has 6 heteroatoms. The van der Waals surface area contributed by atoms with Gasteiger partial charge in [0.2, 0.25) is 0 Å². The van der Waals surface area contributed by atoms with E-state index in [0.29, 0.717) is 11.3 Å². The zero-order valence-electron chi connectivity index (χ0n) is 16.2. The summed E-state index contributed by atoms with van der Waals surface area (Å²) in [6, 6.07) is 9.61. The molecule has 2 aromatic carbocycles. The largest absolute Gasteiger partial charge is 0.487 e. The summed E-state index contributed by atoms with van der Waals surface area (Å²) in [7, 11) is 0. The summed E-state index contributed by atoms with van der Waals surface area (Å²) in [5, 5.41) is 9.49. The predicted molar refractivity (Wildman–Crippen MR) is 106 cm³/mol. The van der Waals surface area contributed by atoms with Crippen LogP contribution in [0.1, 0.15) is 36.1 Å². The van der Waals surface area contributed by atoms with Crippen molar-refractivity contribution in [3.05, 3.63) is 69.0 Å². The van der Waals surface area contributed by atoms with E-state index in [1.807, 2.05) is 32.0 Å². The van der Waals surface area contributed by atoms with Gasteiger partial charge in [0.25, 0.3) is 0 Å². The van der Waals surface area contributed by atoms with Crippen LogP contribution >= 0.6 is 11.6 Å². The average molecular weight is 402 g/mol. The highest BCUT2D eigenvalue weighted by Gasteiger charge is 2.14. The van der Waals surface area contributed by atoms with Crippen LogP contribution in [0, 0.1) is 31.0 Å². The summed E-state index contributed by atoms with van der Waals surface area (Å²) >= 11 is 5.99. The van der Waals surface area contributed by atoms with E-state index in [0.717, 1.165) is 16.7 Å². The molecule has 0 aliphatic rings. The van der Waals surface area contributed by atoms with Gasteiger partial charge in [-0.1, -0.05) is 17.7 Å². The standard InChI is InChI=1S/C22H21ClFNO3/c1-13(2)28-22(26)17(11-25)8-16-9-18(15(4)7-14(16)3)12-27-21-6-5-19(24)10-20(21)23/h5-10,13H,12H2,1-4H3/b17-8+. The Bertz CT molecular complexity index is 961. The maximum Gasteiger partial charge on any atom is 0.349 e. The first-order valence-electron chi connectivity index (χ1n) is 8.72. The number of nitrogens with zero attached hydrogens (tertiary/aromatic N) is 1. The second-order valence-electron chi connectivity index (χ2n) is 6.62. The van der Waals surface area contributed by atoms with E-state index < -0.39 is 11.8 Å². The molecule has 0 atom stereocenters. The molecular weight excluding hydrogens is 381 g/mol. The minimum absolute atomic E-state index is 0.0749. The van der Waals surface area contributed by atoms with Crippen molar-refractivity contribution in [3.8, 4) is 11.8 Å². The number of nitriles is 1. The Balaban J connectivity index is 2.29. The SMILES string of the molecule is Cc1cc(C)c(COc2ccc(F)cc2Cl)cc1/C=C(\C#N)C(=O)OC(C)C. The van der Waals surface area contributed by atoms with Crippen molar-refractivity contribution >= 4 is 23.6 Å². The molecule has 0 aliphatic carbocycles. The van der Waals surface area contributed by atoms with E-state index >= 15 is 0 Å². The van der Waals surface area contributed by atoms with Gasteiger partial charge in [0.1, 0.15) is 29.8 Å². The number of esters is 1. The molecule has 0 saturated heterocycles. The van der Waals surface area contributed by atoms with E-state index in [1.165, 1.54) is 24.3 Å². The Morgan fingerprint density at radius 1 is 1.25 bits per heavy atom. The molecule has 0 N–H and O–H groups in total. The lowest BCUT2D eigenvalue weighted by Crippen LogP contribution is -2.12. The lowest BCUT2D eigenvalue weighted by molar-refractivity contribution is -0.142. The second kappa shape index (κ2) is 9.38. The van der Waals surface area contributed by atoms with E-state index in [4.69, 9.17) is 21.1 Å². The minimum Gasteiger partial charge on any atom is -0.487 e. The van der Waals surface area contributed by atoms with Crippen LogP contribution in [-0.4, -0.2) is 12.1 Å². The normalized spacial score (nSPS) is 11.3. The fraction of sp³-hybridized carbons (Fsp3) is 0.273. The molecule has 4 nitrogen and oxygen atoms in total. The molecule has 0 saturated carbocycles. The van der Waals surface area contributed by atoms with Crippen molar-refractivity contribution in [3.63, 3.8) is 0 Å². The quantitative estimate of drug-likeness (QED) is 0.362. The van der Waals surface area contributed by atoms with Crippen molar-refractivity contribution in [2.45, 2.75) is 40.4 Å². The fourth-order valence-electron chi connectivity index (χ4n) is 2.54. The third-order valence-corrected chi connectivity index (χ3v) is 4.28. The number of rotatable bonds is 6. The van der Waals surface area contributed by atoms with E-state index in [2.05, 4.69) is 0 Å². The molecule has 2 aromatic rings. The van der Waals surface area contributed by atoms with Gasteiger partial charge in [0.15, 0.2) is 0 Å². The Labute approximate surface area is 169 Å². The zero-order chi connectivity index (χ0) is 20.8. The van der Waals surface area contributed by atoms with Gasteiger partial charge < -0.3 is 9.47 Å². The number of carbonyl (C=O) groups is 1. The zero-order valence-corrected chi connectivity index (χ0v) is 16.9. The Hall–Kier alpha value is -2.84. The van der Waals surface area contributed by atoms with Crippen LogP contribution < -0.4 is 4.74 Å². The number of aryl methyl sites for hydroxylation is 2. The molecule has 0 heterocycles. The molecule has 28 heavy (non-hydrogen) atoms. The monoisotopic (exact) mass is 401 g/mol. The van der Waals surface area contributed by atoms with Crippen LogP contribution in [-0.2, 0) is 16.1 Å². The minimum atomic E-state index is -0.659. The number of halogens is 2. The molecule has 0 spiro atoms. The summed E-state index contributed by atoms with van der Waals surface area (Å²) in [5.74, 6) is -0.722. The van der Waals surface area contributed by atoms with Gasteiger partial charge in [0.05, 0.1) is 11.1 Å². The van der Waals surface area contributed by atoms with Gasteiger partial charge in [0, 0.05) is 0 Å². The van der Waals surface area contributed by atoms with E-state index in [-0.39, 0.29) is 23.3 Å². The van der Waals surface area contributed by atoms with Crippen molar-refractivity contribution < 1.29 is 18.7 Å². The number of hydrogen-bond donors (Lipinski definition) is 0. The number of hydrogen-bond acceptors (Lipinski definition) is 4. The highest BCUT2D eigenvalue weighted by atomic mass is 35.5. The summed E-state index contributed by atoms with van der Waals surface area (Å²) in [6.07, 6.45) is 1.20. The van der Waals surface area contributed by atoms with Crippen LogP contribution in [0.15, 0.2) is 35.9 Å².